The Morgan fingerprint density at radius 2 is 2.07 bits per heavy atom. The highest BCUT2D eigenvalue weighted by molar-refractivity contribution is 7.03. The Balaban J connectivity index is 1.30. The summed E-state index contributed by atoms with van der Waals surface area (Å²) in [6.45, 7) is 4.37. The van der Waals surface area contributed by atoms with Crippen LogP contribution in [0.5, 0.6) is 0 Å². The zero-order valence-electron chi connectivity index (χ0n) is 16.5. The lowest BCUT2D eigenvalue weighted by atomic mass is 9.87. The largest absolute Gasteiger partial charge is 0.379 e. The highest BCUT2D eigenvalue weighted by Crippen LogP contribution is 2.36. The molecule has 0 bridgehead atoms. The van der Waals surface area contributed by atoms with Crippen LogP contribution >= 0.6 is 11.5 Å². The summed E-state index contributed by atoms with van der Waals surface area (Å²) in [6, 6.07) is 10.2. The number of rotatable bonds is 4. The summed E-state index contributed by atoms with van der Waals surface area (Å²) >= 11 is 1.36. The van der Waals surface area contributed by atoms with Crippen LogP contribution in [0.15, 0.2) is 48.2 Å². The van der Waals surface area contributed by atoms with E-state index in [9.17, 15) is 4.79 Å². The van der Waals surface area contributed by atoms with Crippen molar-refractivity contribution in [3.8, 4) is 11.3 Å². The van der Waals surface area contributed by atoms with E-state index in [1.807, 2.05) is 5.38 Å². The van der Waals surface area contributed by atoms with Crippen molar-refractivity contribution in [1.82, 2.24) is 24.5 Å². The summed E-state index contributed by atoms with van der Waals surface area (Å²) in [4.78, 5) is 25.1. The maximum Gasteiger partial charge on any atom is 0.228 e. The second kappa shape index (κ2) is 8.17. The molecule has 1 atom stereocenters. The van der Waals surface area contributed by atoms with Crippen LogP contribution in [-0.4, -0.2) is 63.2 Å². The Morgan fingerprint density at radius 3 is 2.83 bits per heavy atom. The van der Waals surface area contributed by atoms with E-state index >= 15 is 0 Å². The van der Waals surface area contributed by atoms with E-state index in [2.05, 4.69) is 48.7 Å². The van der Waals surface area contributed by atoms with Gasteiger partial charge in [0.1, 0.15) is 17.8 Å². The number of hydrogen-bond acceptors (Lipinski definition) is 8. The predicted molar refractivity (Wildman–Crippen MR) is 113 cm³/mol. The Bertz CT molecular complexity index is 998. The Morgan fingerprint density at radius 1 is 1.17 bits per heavy atom. The molecule has 2 aliphatic rings. The molecule has 3 aromatic rings. The molecule has 4 heterocycles. The molecule has 2 aromatic heterocycles. The van der Waals surface area contributed by atoms with Gasteiger partial charge in [-0.1, -0.05) is 28.8 Å². The van der Waals surface area contributed by atoms with E-state index in [-0.39, 0.29) is 11.3 Å². The number of benzene rings is 1. The number of nitrogens with zero attached hydrogens (tertiary/aromatic N) is 6. The number of aromatic nitrogens is 4. The standard InChI is InChI=1S/C21H22N6O2S/c28-20-9-21(13-27(20)19-5-6-22-15-23-19)12-26(7-8-29-14-21)10-16-1-3-17(4-2-16)18-11-30-25-24-18/h1-6,11,15H,7-10,12-14H2/t21-/m0/s1. The van der Waals surface area contributed by atoms with Crippen molar-refractivity contribution in [2.24, 2.45) is 5.41 Å². The van der Waals surface area contributed by atoms with Gasteiger partial charge >= 0.3 is 0 Å². The molecule has 0 saturated carbocycles. The number of carbonyl (C=O) groups excluding carboxylic acids is 1. The molecular formula is C21H22N6O2S. The van der Waals surface area contributed by atoms with Gasteiger partial charge in [-0.15, -0.1) is 5.10 Å². The molecule has 5 rings (SSSR count). The second-order valence-electron chi connectivity index (χ2n) is 7.97. The number of hydrogen-bond donors (Lipinski definition) is 0. The third-order valence-electron chi connectivity index (χ3n) is 5.70. The fraction of sp³-hybridized carbons (Fsp3) is 0.381. The molecule has 154 valence electrons. The average molecular weight is 423 g/mol. The monoisotopic (exact) mass is 422 g/mol. The van der Waals surface area contributed by atoms with Gasteiger partial charge in [0.2, 0.25) is 5.91 Å². The molecule has 2 fully saturated rings. The molecule has 0 unspecified atom stereocenters. The molecule has 9 heteroatoms. The zero-order valence-corrected chi connectivity index (χ0v) is 17.3. The first kappa shape index (κ1) is 19.2. The van der Waals surface area contributed by atoms with Crippen LogP contribution in [-0.2, 0) is 16.1 Å². The van der Waals surface area contributed by atoms with Gasteiger partial charge in [-0.2, -0.15) is 0 Å². The molecule has 1 aromatic carbocycles. The van der Waals surface area contributed by atoms with E-state index < -0.39 is 0 Å². The minimum absolute atomic E-state index is 0.0976. The lowest BCUT2D eigenvalue weighted by molar-refractivity contribution is -0.118. The topological polar surface area (TPSA) is 84.3 Å². The first-order valence-corrected chi connectivity index (χ1v) is 10.8. The molecule has 0 radical (unpaired) electrons. The molecule has 0 N–H and O–H groups in total. The molecule has 2 saturated heterocycles. The summed E-state index contributed by atoms with van der Waals surface area (Å²) in [6.07, 6.45) is 3.62. The first-order valence-electron chi connectivity index (χ1n) is 9.94. The van der Waals surface area contributed by atoms with Crippen molar-refractivity contribution in [2.75, 3.05) is 37.7 Å². The number of carbonyl (C=O) groups is 1. The van der Waals surface area contributed by atoms with Gasteiger partial charge < -0.3 is 4.74 Å². The van der Waals surface area contributed by atoms with Crippen LogP contribution in [0, 0.1) is 5.41 Å². The van der Waals surface area contributed by atoms with Crippen LogP contribution in [0.2, 0.25) is 0 Å². The van der Waals surface area contributed by atoms with Gasteiger partial charge in [0.05, 0.1) is 13.2 Å². The van der Waals surface area contributed by atoms with Gasteiger partial charge in [-0.3, -0.25) is 14.6 Å². The van der Waals surface area contributed by atoms with E-state index in [0.29, 0.717) is 32.0 Å². The fourth-order valence-electron chi connectivity index (χ4n) is 4.30. The van der Waals surface area contributed by atoms with Crippen molar-refractivity contribution < 1.29 is 9.53 Å². The summed E-state index contributed by atoms with van der Waals surface area (Å²) in [7, 11) is 0. The summed E-state index contributed by atoms with van der Waals surface area (Å²) in [5, 5.41) is 6.08. The average Bonchev–Trinajstić information content (AvgIpc) is 3.36. The zero-order chi connectivity index (χ0) is 20.4. The van der Waals surface area contributed by atoms with Gasteiger partial charge in [0.25, 0.3) is 0 Å². The molecule has 8 nitrogen and oxygen atoms in total. The van der Waals surface area contributed by atoms with Crippen LogP contribution in [0.3, 0.4) is 0 Å². The normalized spacial score (nSPS) is 22.5. The van der Waals surface area contributed by atoms with E-state index in [1.165, 1.54) is 23.4 Å². The lowest BCUT2D eigenvalue weighted by Gasteiger charge is -2.31. The van der Waals surface area contributed by atoms with E-state index in [1.54, 1.807) is 17.2 Å². The third kappa shape index (κ3) is 3.96. The molecule has 1 amide bonds. The van der Waals surface area contributed by atoms with Crippen LogP contribution < -0.4 is 4.90 Å². The van der Waals surface area contributed by atoms with Crippen molar-refractivity contribution in [1.29, 1.82) is 0 Å². The van der Waals surface area contributed by atoms with Crippen LogP contribution in [0.25, 0.3) is 11.3 Å². The van der Waals surface area contributed by atoms with Gasteiger partial charge in [-0.05, 0) is 23.2 Å². The quantitative estimate of drug-likeness (QED) is 0.638. The third-order valence-corrected chi connectivity index (χ3v) is 6.20. The number of ether oxygens (including phenoxy) is 1. The minimum Gasteiger partial charge on any atom is -0.379 e. The second-order valence-corrected chi connectivity index (χ2v) is 8.58. The first-order chi connectivity index (χ1) is 14.7. The van der Waals surface area contributed by atoms with Crippen molar-refractivity contribution >= 4 is 23.3 Å². The van der Waals surface area contributed by atoms with E-state index in [0.717, 1.165) is 30.9 Å². The van der Waals surface area contributed by atoms with E-state index in [4.69, 9.17) is 4.74 Å². The summed E-state index contributed by atoms with van der Waals surface area (Å²) in [5.41, 5.74) is 2.99. The SMILES string of the molecule is O=C1C[C@@]2(COCCN(Cc3ccc(-c4csnn4)cc3)C2)CN1c1ccncn1. The molecular weight excluding hydrogens is 400 g/mol. The Kier molecular flexibility index (Phi) is 5.24. The van der Waals surface area contributed by atoms with Crippen molar-refractivity contribution in [3.63, 3.8) is 0 Å². The van der Waals surface area contributed by atoms with Crippen LogP contribution in [0.4, 0.5) is 5.82 Å². The van der Waals surface area contributed by atoms with Gasteiger partial charge in [-0.25, -0.2) is 9.97 Å². The molecule has 1 spiro atoms. The highest BCUT2D eigenvalue weighted by Gasteiger charge is 2.46. The molecule has 2 aliphatic heterocycles. The Labute approximate surface area is 178 Å². The lowest BCUT2D eigenvalue weighted by Crippen LogP contribution is -2.40. The highest BCUT2D eigenvalue weighted by atomic mass is 32.1. The predicted octanol–water partition coefficient (Wildman–Crippen LogP) is 2.25. The van der Waals surface area contributed by atoms with Crippen molar-refractivity contribution in [3.05, 3.63) is 53.8 Å². The number of anilines is 1. The minimum atomic E-state index is -0.218. The molecule has 30 heavy (non-hydrogen) atoms. The fourth-order valence-corrected chi connectivity index (χ4v) is 4.76. The van der Waals surface area contributed by atoms with Gasteiger partial charge in [0, 0.05) is 55.2 Å². The summed E-state index contributed by atoms with van der Waals surface area (Å²) < 4.78 is 9.86. The molecule has 0 aliphatic carbocycles. The van der Waals surface area contributed by atoms with Crippen LogP contribution in [0.1, 0.15) is 12.0 Å². The maximum absolute atomic E-state index is 12.8. The van der Waals surface area contributed by atoms with Crippen molar-refractivity contribution in [2.45, 2.75) is 13.0 Å². The maximum atomic E-state index is 12.8. The summed E-state index contributed by atoms with van der Waals surface area (Å²) in [5.74, 6) is 0.759. The number of amides is 1. The van der Waals surface area contributed by atoms with Gasteiger partial charge in [0.15, 0.2) is 0 Å². The Hall–Kier alpha value is -2.75. The smallest absolute Gasteiger partial charge is 0.228 e.